The molecule has 1 aliphatic carbocycles. The molecule has 1 fully saturated rings. The number of hydrogen-bond acceptors (Lipinski definition) is 2. The van der Waals surface area contributed by atoms with Gasteiger partial charge in [0.05, 0.1) is 12.3 Å². The van der Waals surface area contributed by atoms with E-state index in [1.807, 2.05) is 0 Å². The average Bonchev–Trinajstić information content (AvgIpc) is 2.75. The van der Waals surface area contributed by atoms with E-state index in [0.717, 1.165) is 30.4 Å². The van der Waals surface area contributed by atoms with Crippen molar-refractivity contribution in [1.29, 1.82) is 0 Å². The van der Waals surface area contributed by atoms with Crippen LogP contribution in [-0.2, 0) is 0 Å². The summed E-state index contributed by atoms with van der Waals surface area (Å²) < 4.78 is 5.85. The lowest BCUT2D eigenvalue weighted by atomic mass is 10.1. The van der Waals surface area contributed by atoms with E-state index in [2.05, 4.69) is 44.3 Å². The van der Waals surface area contributed by atoms with Crippen molar-refractivity contribution < 1.29 is 4.74 Å². The first kappa shape index (κ1) is 13.3. The van der Waals surface area contributed by atoms with Crippen molar-refractivity contribution >= 4 is 5.69 Å². The zero-order chi connectivity index (χ0) is 13.0. The molecule has 0 amide bonds. The van der Waals surface area contributed by atoms with Crippen LogP contribution in [0.4, 0.5) is 5.69 Å². The maximum atomic E-state index is 5.85. The minimum absolute atomic E-state index is 0.608. The first-order valence-electron chi connectivity index (χ1n) is 7.20. The SMILES string of the molecule is CCCOc1cc(C)ccc1NC1CCCC1C. The second-order valence-electron chi connectivity index (χ2n) is 5.51. The summed E-state index contributed by atoms with van der Waals surface area (Å²) in [5.41, 5.74) is 2.42. The molecule has 1 N–H and O–H groups in total. The van der Waals surface area contributed by atoms with E-state index in [-0.39, 0.29) is 0 Å². The topological polar surface area (TPSA) is 21.3 Å². The van der Waals surface area contributed by atoms with Crippen LogP contribution in [0.5, 0.6) is 5.75 Å². The van der Waals surface area contributed by atoms with E-state index in [0.29, 0.717) is 6.04 Å². The van der Waals surface area contributed by atoms with Gasteiger partial charge in [-0.2, -0.15) is 0 Å². The van der Waals surface area contributed by atoms with Gasteiger partial charge in [0.2, 0.25) is 0 Å². The fourth-order valence-corrected chi connectivity index (χ4v) is 2.64. The van der Waals surface area contributed by atoms with Gasteiger partial charge in [-0.25, -0.2) is 0 Å². The highest BCUT2D eigenvalue weighted by atomic mass is 16.5. The van der Waals surface area contributed by atoms with Crippen LogP contribution in [0.25, 0.3) is 0 Å². The summed E-state index contributed by atoms with van der Waals surface area (Å²) in [5.74, 6) is 1.78. The smallest absolute Gasteiger partial charge is 0.142 e. The second kappa shape index (κ2) is 6.12. The average molecular weight is 247 g/mol. The molecule has 1 saturated carbocycles. The van der Waals surface area contributed by atoms with Gasteiger partial charge < -0.3 is 10.1 Å². The maximum absolute atomic E-state index is 5.85. The third-order valence-corrected chi connectivity index (χ3v) is 3.80. The molecule has 0 aliphatic heterocycles. The van der Waals surface area contributed by atoms with Crippen molar-refractivity contribution in [1.82, 2.24) is 0 Å². The molecule has 100 valence electrons. The van der Waals surface area contributed by atoms with Crippen LogP contribution >= 0.6 is 0 Å². The number of anilines is 1. The van der Waals surface area contributed by atoms with Crippen molar-refractivity contribution in [3.05, 3.63) is 23.8 Å². The highest BCUT2D eigenvalue weighted by molar-refractivity contribution is 5.58. The molecule has 18 heavy (non-hydrogen) atoms. The number of aryl methyl sites for hydroxylation is 1. The fourth-order valence-electron chi connectivity index (χ4n) is 2.64. The lowest BCUT2D eigenvalue weighted by Gasteiger charge is -2.21. The fraction of sp³-hybridized carbons (Fsp3) is 0.625. The van der Waals surface area contributed by atoms with E-state index < -0.39 is 0 Å². The molecule has 2 nitrogen and oxygen atoms in total. The highest BCUT2D eigenvalue weighted by Gasteiger charge is 2.23. The van der Waals surface area contributed by atoms with Crippen LogP contribution in [0, 0.1) is 12.8 Å². The third-order valence-electron chi connectivity index (χ3n) is 3.80. The number of nitrogens with one attached hydrogen (secondary N) is 1. The predicted molar refractivity (Wildman–Crippen MR) is 77.4 cm³/mol. The largest absolute Gasteiger partial charge is 0.491 e. The third kappa shape index (κ3) is 3.18. The van der Waals surface area contributed by atoms with Crippen molar-refractivity contribution in [3.63, 3.8) is 0 Å². The minimum atomic E-state index is 0.608. The molecule has 0 spiro atoms. The van der Waals surface area contributed by atoms with Gasteiger partial charge >= 0.3 is 0 Å². The first-order valence-corrected chi connectivity index (χ1v) is 7.20. The molecular formula is C16H25NO. The van der Waals surface area contributed by atoms with Gasteiger partial charge in [-0.1, -0.05) is 26.3 Å². The predicted octanol–water partition coefficient (Wildman–Crippen LogP) is 4.38. The molecule has 1 aromatic carbocycles. The standard InChI is InChI=1S/C16H25NO/c1-4-10-18-16-11-12(2)8-9-15(16)17-14-7-5-6-13(14)3/h8-9,11,13-14,17H,4-7,10H2,1-3H3. The van der Waals surface area contributed by atoms with Crippen LogP contribution in [0.15, 0.2) is 18.2 Å². The highest BCUT2D eigenvalue weighted by Crippen LogP contribution is 2.32. The van der Waals surface area contributed by atoms with Crippen LogP contribution in [-0.4, -0.2) is 12.6 Å². The molecule has 2 unspecified atom stereocenters. The Morgan fingerprint density at radius 3 is 2.83 bits per heavy atom. The summed E-state index contributed by atoms with van der Waals surface area (Å²) in [6.45, 7) is 7.38. The van der Waals surface area contributed by atoms with Gasteiger partial charge in [0.25, 0.3) is 0 Å². The van der Waals surface area contributed by atoms with Crippen molar-refractivity contribution in [2.24, 2.45) is 5.92 Å². The van der Waals surface area contributed by atoms with Crippen LogP contribution in [0.2, 0.25) is 0 Å². The molecule has 0 radical (unpaired) electrons. The molecule has 2 rings (SSSR count). The summed E-state index contributed by atoms with van der Waals surface area (Å²) in [5, 5.41) is 3.67. The maximum Gasteiger partial charge on any atom is 0.142 e. The number of benzene rings is 1. The summed E-state index contributed by atoms with van der Waals surface area (Å²) in [6, 6.07) is 7.06. The van der Waals surface area contributed by atoms with E-state index >= 15 is 0 Å². The molecular weight excluding hydrogens is 222 g/mol. The van der Waals surface area contributed by atoms with Crippen molar-refractivity contribution in [2.45, 2.75) is 52.5 Å². The van der Waals surface area contributed by atoms with E-state index in [1.165, 1.54) is 24.8 Å². The molecule has 2 atom stereocenters. The lowest BCUT2D eigenvalue weighted by molar-refractivity contribution is 0.318. The second-order valence-corrected chi connectivity index (χ2v) is 5.51. The summed E-state index contributed by atoms with van der Waals surface area (Å²) in [7, 11) is 0. The minimum Gasteiger partial charge on any atom is -0.491 e. The number of ether oxygens (including phenoxy) is 1. The first-order chi connectivity index (χ1) is 8.70. The Balaban J connectivity index is 2.10. The number of rotatable bonds is 5. The summed E-state index contributed by atoms with van der Waals surface area (Å²) in [6.07, 6.45) is 5.01. The number of hydrogen-bond donors (Lipinski definition) is 1. The van der Waals surface area contributed by atoms with Gasteiger partial charge in [0, 0.05) is 6.04 Å². The molecule has 0 bridgehead atoms. The van der Waals surface area contributed by atoms with Crippen LogP contribution in [0.3, 0.4) is 0 Å². The van der Waals surface area contributed by atoms with Crippen molar-refractivity contribution in [3.8, 4) is 5.75 Å². The van der Waals surface area contributed by atoms with Gasteiger partial charge in [-0.15, -0.1) is 0 Å². The summed E-state index contributed by atoms with van der Waals surface area (Å²) in [4.78, 5) is 0. The lowest BCUT2D eigenvalue weighted by Crippen LogP contribution is -2.22. The monoisotopic (exact) mass is 247 g/mol. The van der Waals surface area contributed by atoms with Gasteiger partial charge in [-0.05, 0) is 49.8 Å². The molecule has 0 heterocycles. The van der Waals surface area contributed by atoms with Crippen LogP contribution in [0.1, 0.15) is 45.1 Å². The van der Waals surface area contributed by atoms with E-state index in [1.54, 1.807) is 0 Å². The van der Waals surface area contributed by atoms with Gasteiger partial charge in [0.15, 0.2) is 0 Å². The quantitative estimate of drug-likeness (QED) is 0.833. The Morgan fingerprint density at radius 2 is 2.17 bits per heavy atom. The Morgan fingerprint density at radius 1 is 1.33 bits per heavy atom. The van der Waals surface area contributed by atoms with Gasteiger partial charge in [0.1, 0.15) is 5.75 Å². The Hall–Kier alpha value is -1.18. The molecule has 0 aromatic heterocycles. The molecule has 0 saturated heterocycles. The Labute approximate surface area is 111 Å². The molecule has 1 aromatic rings. The zero-order valence-corrected chi connectivity index (χ0v) is 11.8. The summed E-state index contributed by atoms with van der Waals surface area (Å²) >= 11 is 0. The van der Waals surface area contributed by atoms with E-state index in [4.69, 9.17) is 4.74 Å². The Bertz CT molecular complexity index is 389. The Kier molecular flexibility index (Phi) is 4.51. The zero-order valence-electron chi connectivity index (χ0n) is 11.8. The normalized spacial score (nSPS) is 23.1. The van der Waals surface area contributed by atoms with E-state index in [9.17, 15) is 0 Å². The molecule has 1 aliphatic rings. The van der Waals surface area contributed by atoms with Crippen LogP contribution < -0.4 is 10.1 Å². The van der Waals surface area contributed by atoms with Crippen molar-refractivity contribution in [2.75, 3.05) is 11.9 Å². The van der Waals surface area contributed by atoms with Gasteiger partial charge in [-0.3, -0.25) is 0 Å². The molecule has 2 heteroatoms.